The molecular formula is C28H20O2. The van der Waals surface area contributed by atoms with Crippen LogP contribution in [0.3, 0.4) is 0 Å². The van der Waals surface area contributed by atoms with Crippen molar-refractivity contribution in [1.29, 1.82) is 0 Å². The van der Waals surface area contributed by atoms with Gasteiger partial charge in [-0.25, -0.2) is 0 Å². The molecule has 0 saturated heterocycles. The van der Waals surface area contributed by atoms with Gasteiger partial charge in [0.25, 0.3) is 0 Å². The van der Waals surface area contributed by atoms with E-state index in [1.54, 1.807) is 0 Å². The summed E-state index contributed by atoms with van der Waals surface area (Å²) in [4.78, 5) is 0. The van der Waals surface area contributed by atoms with Crippen molar-refractivity contribution in [2.24, 2.45) is 0 Å². The summed E-state index contributed by atoms with van der Waals surface area (Å²) < 4.78 is 11.6. The zero-order valence-corrected chi connectivity index (χ0v) is 16.4. The molecule has 0 N–H and O–H groups in total. The average molecular weight is 388 g/mol. The topological polar surface area (TPSA) is 18.5 Å². The molecule has 0 bridgehead atoms. The normalized spacial score (nSPS) is 10.3. The highest BCUT2D eigenvalue weighted by atomic mass is 16.5. The molecule has 0 atom stereocenters. The van der Waals surface area contributed by atoms with Crippen LogP contribution in [-0.4, -0.2) is 0 Å². The van der Waals surface area contributed by atoms with E-state index >= 15 is 0 Å². The molecule has 0 fully saturated rings. The lowest BCUT2D eigenvalue weighted by molar-refractivity contribution is 0.482. The zero-order chi connectivity index (χ0) is 20.4. The first-order valence-electron chi connectivity index (χ1n) is 9.69. The highest BCUT2D eigenvalue weighted by Gasteiger charge is 1.97. The second-order valence-corrected chi connectivity index (χ2v) is 6.53. The van der Waals surface area contributed by atoms with E-state index < -0.39 is 0 Å². The number of para-hydroxylation sites is 2. The van der Waals surface area contributed by atoms with E-state index in [0.717, 1.165) is 34.1 Å². The Hall–Kier alpha value is -4.22. The monoisotopic (exact) mass is 388 g/mol. The molecule has 0 aliphatic rings. The van der Waals surface area contributed by atoms with Crippen LogP contribution in [0.15, 0.2) is 115 Å². The van der Waals surface area contributed by atoms with Gasteiger partial charge < -0.3 is 9.47 Å². The fraction of sp³-hybridized carbons (Fsp3) is 0. The van der Waals surface area contributed by atoms with Gasteiger partial charge in [-0.1, -0.05) is 60.4 Å². The summed E-state index contributed by atoms with van der Waals surface area (Å²) in [5.41, 5.74) is 2.00. The fourth-order valence-electron chi connectivity index (χ4n) is 2.77. The molecule has 0 amide bonds. The quantitative estimate of drug-likeness (QED) is 0.333. The van der Waals surface area contributed by atoms with Crippen molar-refractivity contribution in [2.45, 2.75) is 0 Å². The maximum Gasteiger partial charge on any atom is 0.127 e. The third kappa shape index (κ3) is 5.64. The molecule has 4 aromatic rings. The smallest absolute Gasteiger partial charge is 0.127 e. The van der Waals surface area contributed by atoms with Gasteiger partial charge in [-0.05, 0) is 78.4 Å². The molecular weight excluding hydrogens is 368 g/mol. The molecule has 2 heteroatoms. The van der Waals surface area contributed by atoms with Crippen LogP contribution < -0.4 is 9.47 Å². The Morgan fingerprint density at radius 2 is 0.967 bits per heavy atom. The first-order chi connectivity index (χ1) is 14.8. The molecule has 0 aliphatic carbocycles. The van der Waals surface area contributed by atoms with Crippen LogP contribution in [0, 0.1) is 11.8 Å². The van der Waals surface area contributed by atoms with Crippen molar-refractivity contribution < 1.29 is 9.47 Å². The van der Waals surface area contributed by atoms with Crippen molar-refractivity contribution in [3.63, 3.8) is 0 Å². The van der Waals surface area contributed by atoms with Crippen molar-refractivity contribution in [3.8, 4) is 34.8 Å². The van der Waals surface area contributed by atoms with E-state index in [2.05, 4.69) is 11.8 Å². The van der Waals surface area contributed by atoms with Gasteiger partial charge in [0.1, 0.15) is 23.0 Å². The predicted molar refractivity (Wildman–Crippen MR) is 122 cm³/mol. The Kier molecular flexibility index (Phi) is 6.25. The fourth-order valence-corrected chi connectivity index (χ4v) is 2.77. The maximum atomic E-state index is 5.80. The zero-order valence-electron chi connectivity index (χ0n) is 16.4. The van der Waals surface area contributed by atoms with E-state index in [1.807, 2.05) is 121 Å². The SMILES string of the molecule is C(#Cc1ccc(Oc2ccccc2)cc1)/C=C/c1ccc(Oc2ccccc2)cc1. The number of hydrogen-bond donors (Lipinski definition) is 0. The van der Waals surface area contributed by atoms with Crippen LogP contribution in [0.2, 0.25) is 0 Å². The Morgan fingerprint density at radius 3 is 1.50 bits per heavy atom. The number of ether oxygens (including phenoxy) is 2. The van der Waals surface area contributed by atoms with E-state index in [0.29, 0.717) is 0 Å². The van der Waals surface area contributed by atoms with Gasteiger partial charge >= 0.3 is 0 Å². The summed E-state index contributed by atoms with van der Waals surface area (Å²) in [7, 11) is 0. The summed E-state index contributed by atoms with van der Waals surface area (Å²) in [5, 5.41) is 0. The molecule has 0 aliphatic heterocycles. The maximum absolute atomic E-state index is 5.80. The predicted octanol–water partition coefficient (Wildman–Crippen LogP) is 7.34. The number of allylic oxidation sites excluding steroid dienone is 1. The van der Waals surface area contributed by atoms with Gasteiger partial charge in [0.2, 0.25) is 0 Å². The Morgan fingerprint density at radius 1 is 0.500 bits per heavy atom. The largest absolute Gasteiger partial charge is 0.457 e. The lowest BCUT2D eigenvalue weighted by atomic mass is 10.2. The van der Waals surface area contributed by atoms with Gasteiger partial charge in [-0.15, -0.1) is 0 Å². The van der Waals surface area contributed by atoms with E-state index in [-0.39, 0.29) is 0 Å². The Bertz CT molecular complexity index is 1150. The molecule has 2 nitrogen and oxygen atoms in total. The van der Waals surface area contributed by atoms with Gasteiger partial charge in [0.05, 0.1) is 0 Å². The number of rotatable bonds is 5. The van der Waals surface area contributed by atoms with Crippen molar-refractivity contribution in [2.75, 3.05) is 0 Å². The van der Waals surface area contributed by atoms with E-state index in [4.69, 9.17) is 9.47 Å². The first-order valence-corrected chi connectivity index (χ1v) is 9.69. The van der Waals surface area contributed by atoms with Crippen LogP contribution in [0.25, 0.3) is 6.08 Å². The summed E-state index contributed by atoms with van der Waals surface area (Å²) in [6.07, 6.45) is 3.83. The van der Waals surface area contributed by atoms with Gasteiger partial charge in [0, 0.05) is 5.56 Å². The Labute approximate surface area is 177 Å². The number of hydrogen-bond acceptors (Lipinski definition) is 2. The van der Waals surface area contributed by atoms with Crippen molar-refractivity contribution >= 4 is 6.08 Å². The highest BCUT2D eigenvalue weighted by molar-refractivity contribution is 5.55. The summed E-state index contributed by atoms with van der Waals surface area (Å²) in [6, 6.07) is 35.1. The van der Waals surface area contributed by atoms with Gasteiger partial charge in [-0.2, -0.15) is 0 Å². The molecule has 4 aromatic carbocycles. The van der Waals surface area contributed by atoms with Crippen LogP contribution in [0.5, 0.6) is 23.0 Å². The number of benzene rings is 4. The highest BCUT2D eigenvalue weighted by Crippen LogP contribution is 2.22. The van der Waals surface area contributed by atoms with E-state index in [1.165, 1.54) is 0 Å². The molecule has 144 valence electrons. The van der Waals surface area contributed by atoms with E-state index in [9.17, 15) is 0 Å². The van der Waals surface area contributed by atoms with Crippen LogP contribution >= 0.6 is 0 Å². The van der Waals surface area contributed by atoms with Crippen molar-refractivity contribution in [3.05, 3.63) is 126 Å². The molecule has 0 spiro atoms. The second kappa shape index (κ2) is 9.82. The molecule has 0 saturated carbocycles. The molecule has 0 heterocycles. The second-order valence-electron chi connectivity index (χ2n) is 6.53. The van der Waals surface area contributed by atoms with Crippen LogP contribution in [-0.2, 0) is 0 Å². The van der Waals surface area contributed by atoms with Gasteiger partial charge in [-0.3, -0.25) is 0 Å². The average Bonchev–Trinajstić information content (AvgIpc) is 2.80. The standard InChI is InChI=1S/C28H20O2/c1-3-11-25(12-4-1)29-27-19-15-23(16-20-27)9-7-8-10-24-17-21-28(22-18-24)30-26-13-5-2-6-14-26/h1-7,9,11-22H/b9-7+. The summed E-state index contributed by atoms with van der Waals surface area (Å²) >= 11 is 0. The minimum Gasteiger partial charge on any atom is -0.457 e. The third-order valence-corrected chi connectivity index (χ3v) is 4.27. The Balaban J connectivity index is 1.32. The summed E-state index contributed by atoms with van der Waals surface area (Å²) in [6.45, 7) is 0. The van der Waals surface area contributed by atoms with Crippen LogP contribution in [0.4, 0.5) is 0 Å². The lowest BCUT2D eigenvalue weighted by Gasteiger charge is -2.05. The molecule has 0 radical (unpaired) electrons. The van der Waals surface area contributed by atoms with Crippen LogP contribution in [0.1, 0.15) is 11.1 Å². The third-order valence-electron chi connectivity index (χ3n) is 4.27. The van der Waals surface area contributed by atoms with Gasteiger partial charge in [0.15, 0.2) is 0 Å². The minimum atomic E-state index is 0.792. The lowest BCUT2D eigenvalue weighted by Crippen LogP contribution is -1.83. The first kappa shape index (κ1) is 19.1. The molecule has 4 rings (SSSR count). The molecule has 30 heavy (non-hydrogen) atoms. The summed E-state index contributed by atoms with van der Waals surface area (Å²) in [5.74, 6) is 9.45. The molecule has 0 unspecified atom stereocenters. The molecule has 0 aromatic heterocycles. The minimum absolute atomic E-state index is 0.792. The van der Waals surface area contributed by atoms with Crippen molar-refractivity contribution in [1.82, 2.24) is 0 Å².